The number of aliphatic imine (C=N–C) groups is 1. The summed E-state index contributed by atoms with van der Waals surface area (Å²) in [6, 6.07) is 12.2. The first kappa shape index (κ1) is 20.7. The lowest BCUT2D eigenvalue weighted by molar-refractivity contribution is 0.371. The number of nitrogens with zero attached hydrogens (tertiary/aromatic N) is 6. The summed E-state index contributed by atoms with van der Waals surface area (Å²) in [5.41, 5.74) is 1.10. The van der Waals surface area contributed by atoms with E-state index in [0.29, 0.717) is 6.54 Å². The van der Waals surface area contributed by atoms with Gasteiger partial charge in [0.2, 0.25) is 0 Å². The molecule has 1 fully saturated rings. The topological polar surface area (TPSA) is 61.6 Å². The minimum atomic E-state index is 0.495. The van der Waals surface area contributed by atoms with Crippen molar-refractivity contribution in [2.45, 2.75) is 20.0 Å². The molecule has 1 aliphatic heterocycles. The van der Waals surface area contributed by atoms with Crippen molar-refractivity contribution < 1.29 is 0 Å². The molecule has 1 aromatic carbocycles. The van der Waals surface area contributed by atoms with E-state index >= 15 is 0 Å². The number of thiophene rings is 1. The van der Waals surface area contributed by atoms with E-state index in [1.807, 2.05) is 36.7 Å². The SMILES string of the molecule is Cc1nnc(CN=C(NCc2cccs2)N2CCN(c3ccccc3Cl)CC2)n1C. The molecule has 30 heavy (non-hydrogen) atoms. The van der Waals surface area contributed by atoms with Crippen LogP contribution in [0.5, 0.6) is 0 Å². The van der Waals surface area contributed by atoms with E-state index in [9.17, 15) is 0 Å². The van der Waals surface area contributed by atoms with Crippen LogP contribution in [0.2, 0.25) is 5.02 Å². The lowest BCUT2D eigenvalue weighted by atomic mass is 10.2. The van der Waals surface area contributed by atoms with Gasteiger partial charge in [-0.25, -0.2) is 4.99 Å². The van der Waals surface area contributed by atoms with E-state index in [0.717, 1.165) is 61.0 Å². The zero-order valence-corrected chi connectivity index (χ0v) is 18.8. The zero-order valence-electron chi connectivity index (χ0n) is 17.3. The van der Waals surface area contributed by atoms with Gasteiger partial charge in [0.1, 0.15) is 12.4 Å². The third-order valence-electron chi connectivity index (χ3n) is 5.33. The number of para-hydroxylation sites is 1. The molecule has 3 aromatic rings. The Balaban J connectivity index is 1.45. The Hall–Kier alpha value is -2.58. The summed E-state index contributed by atoms with van der Waals surface area (Å²) >= 11 is 8.14. The van der Waals surface area contributed by atoms with Crippen LogP contribution >= 0.6 is 22.9 Å². The average Bonchev–Trinajstić information content (AvgIpc) is 3.40. The van der Waals surface area contributed by atoms with Gasteiger partial charge in [0.05, 0.1) is 17.3 Å². The van der Waals surface area contributed by atoms with Crippen LogP contribution < -0.4 is 10.2 Å². The van der Waals surface area contributed by atoms with Crippen molar-refractivity contribution in [1.29, 1.82) is 0 Å². The summed E-state index contributed by atoms with van der Waals surface area (Å²) in [7, 11) is 1.97. The molecule has 0 bridgehead atoms. The number of benzene rings is 1. The number of hydrogen-bond donors (Lipinski definition) is 1. The Morgan fingerprint density at radius 1 is 1.13 bits per heavy atom. The molecule has 4 rings (SSSR count). The second kappa shape index (κ2) is 9.49. The molecule has 2 aromatic heterocycles. The monoisotopic (exact) mass is 443 g/mol. The normalized spacial score (nSPS) is 15.0. The fraction of sp³-hybridized carbons (Fsp3) is 0.381. The van der Waals surface area contributed by atoms with Gasteiger partial charge in [-0.3, -0.25) is 0 Å². The second-order valence-corrected chi connectivity index (χ2v) is 8.66. The van der Waals surface area contributed by atoms with E-state index < -0.39 is 0 Å². The Morgan fingerprint density at radius 2 is 1.93 bits per heavy atom. The molecule has 9 heteroatoms. The molecule has 0 saturated carbocycles. The number of anilines is 1. The number of guanidine groups is 1. The van der Waals surface area contributed by atoms with Crippen molar-refractivity contribution in [3.05, 3.63) is 63.3 Å². The lowest BCUT2D eigenvalue weighted by Gasteiger charge is -2.38. The van der Waals surface area contributed by atoms with Crippen LogP contribution in [0, 0.1) is 6.92 Å². The smallest absolute Gasteiger partial charge is 0.194 e. The number of nitrogens with one attached hydrogen (secondary N) is 1. The molecule has 0 unspecified atom stereocenters. The largest absolute Gasteiger partial charge is 0.367 e. The van der Waals surface area contributed by atoms with Crippen LogP contribution in [0.1, 0.15) is 16.5 Å². The van der Waals surface area contributed by atoms with E-state index in [1.165, 1.54) is 4.88 Å². The van der Waals surface area contributed by atoms with Crippen LogP contribution in [-0.4, -0.2) is 51.8 Å². The summed E-state index contributed by atoms with van der Waals surface area (Å²) in [6.45, 7) is 6.75. The molecule has 1 N–H and O–H groups in total. The van der Waals surface area contributed by atoms with Gasteiger partial charge >= 0.3 is 0 Å². The highest BCUT2D eigenvalue weighted by atomic mass is 35.5. The quantitative estimate of drug-likeness (QED) is 0.484. The van der Waals surface area contributed by atoms with Crippen LogP contribution in [0.15, 0.2) is 46.8 Å². The Morgan fingerprint density at radius 3 is 2.60 bits per heavy atom. The first-order chi connectivity index (χ1) is 14.6. The van der Waals surface area contributed by atoms with Gasteiger partial charge in [-0.1, -0.05) is 29.8 Å². The molecule has 3 heterocycles. The maximum absolute atomic E-state index is 6.39. The summed E-state index contributed by atoms with van der Waals surface area (Å²) < 4.78 is 1.98. The molecule has 1 saturated heterocycles. The maximum atomic E-state index is 6.39. The predicted octanol–water partition coefficient (Wildman–Crippen LogP) is 3.31. The van der Waals surface area contributed by atoms with E-state index in [4.69, 9.17) is 16.6 Å². The molecule has 7 nitrogen and oxygen atoms in total. The molecule has 158 valence electrons. The van der Waals surface area contributed by atoms with Crippen LogP contribution in [-0.2, 0) is 20.1 Å². The minimum absolute atomic E-state index is 0.495. The first-order valence-electron chi connectivity index (χ1n) is 10.0. The van der Waals surface area contributed by atoms with Crippen molar-refractivity contribution in [1.82, 2.24) is 25.0 Å². The molecule has 0 atom stereocenters. The van der Waals surface area contributed by atoms with Crippen LogP contribution in [0.25, 0.3) is 0 Å². The molecule has 1 aliphatic rings. The Labute approximate surface area is 186 Å². The van der Waals surface area contributed by atoms with E-state index in [-0.39, 0.29) is 0 Å². The number of hydrogen-bond acceptors (Lipinski definition) is 5. The van der Waals surface area contributed by atoms with Gasteiger partial charge in [0.25, 0.3) is 0 Å². The number of halogens is 1. The number of aromatic nitrogens is 3. The third-order valence-corrected chi connectivity index (χ3v) is 6.52. The van der Waals surface area contributed by atoms with Crippen LogP contribution in [0.3, 0.4) is 0 Å². The average molecular weight is 444 g/mol. The van der Waals surface area contributed by atoms with E-state index in [1.54, 1.807) is 11.3 Å². The van der Waals surface area contributed by atoms with Crippen molar-refractivity contribution in [2.75, 3.05) is 31.1 Å². The predicted molar refractivity (Wildman–Crippen MR) is 123 cm³/mol. The van der Waals surface area contributed by atoms with E-state index in [2.05, 4.69) is 48.9 Å². The van der Waals surface area contributed by atoms with Gasteiger partial charge in [0, 0.05) is 38.1 Å². The van der Waals surface area contributed by atoms with Gasteiger partial charge in [0.15, 0.2) is 11.8 Å². The fourth-order valence-corrected chi connectivity index (χ4v) is 4.35. The summed E-state index contributed by atoms with van der Waals surface area (Å²) in [4.78, 5) is 10.8. The van der Waals surface area contributed by atoms with Crippen molar-refractivity contribution in [3.8, 4) is 0 Å². The highest BCUT2D eigenvalue weighted by Crippen LogP contribution is 2.26. The summed E-state index contributed by atoms with van der Waals surface area (Å²) in [6.07, 6.45) is 0. The first-order valence-corrected chi connectivity index (χ1v) is 11.3. The number of piperazine rings is 1. The molecular formula is C21H26ClN7S. The number of aryl methyl sites for hydroxylation is 1. The maximum Gasteiger partial charge on any atom is 0.194 e. The third kappa shape index (κ3) is 4.76. The van der Waals surface area contributed by atoms with Gasteiger partial charge < -0.3 is 19.7 Å². The van der Waals surface area contributed by atoms with Gasteiger partial charge in [-0.15, -0.1) is 21.5 Å². The molecule has 0 amide bonds. The highest BCUT2D eigenvalue weighted by molar-refractivity contribution is 7.09. The lowest BCUT2D eigenvalue weighted by Crippen LogP contribution is -2.52. The Kier molecular flexibility index (Phi) is 6.54. The minimum Gasteiger partial charge on any atom is -0.367 e. The molecular weight excluding hydrogens is 418 g/mol. The summed E-state index contributed by atoms with van der Waals surface area (Å²) in [5, 5.41) is 14.8. The second-order valence-electron chi connectivity index (χ2n) is 7.22. The molecule has 0 radical (unpaired) electrons. The molecule has 0 spiro atoms. The summed E-state index contributed by atoms with van der Waals surface area (Å²) in [5.74, 6) is 2.65. The fourth-order valence-electron chi connectivity index (χ4n) is 3.45. The van der Waals surface area contributed by atoms with Crippen molar-refractivity contribution in [3.63, 3.8) is 0 Å². The standard InChI is InChI=1S/C21H26ClN7S/c1-16-25-26-20(27(16)2)15-24-21(23-14-17-6-5-13-30-17)29-11-9-28(10-12-29)19-8-4-3-7-18(19)22/h3-8,13H,9-12,14-15H2,1-2H3,(H,23,24). The zero-order chi connectivity index (χ0) is 20.9. The highest BCUT2D eigenvalue weighted by Gasteiger charge is 2.21. The molecule has 0 aliphatic carbocycles. The van der Waals surface area contributed by atoms with Crippen molar-refractivity contribution in [2.24, 2.45) is 12.0 Å². The number of rotatable bonds is 5. The van der Waals surface area contributed by atoms with Crippen LogP contribution in [0.4, 0.5) is 5.69 Å². The van der Waals surface area contributed by atoms with Gasteiger partial charge in [-0.2, -0.15) is 0 Å². The Bertz CT molecular complexity index is 991. The van der Waals surface area contributed by atoms with Crippen molar-refractivity contribution >= 4 is 34.6 Å². The van der Waals surface area contributed by atoms with Gasteiger partial charge in [-0.05, 0) is 30.5 Å².